The Morgan fingerprint density at radius 3 is 2.92 bits per heavy atom. The van der Waals surface area contributed by atoms with Crippen LogP contribution in [0.1, 0.15) is 38.5 Å². The van der Waals surface area contributed by atoms with Gasteiger partial charge in [-0.15, -0.1) is 0 Å². The van der Waals surface area contributed by atoms with Crippen molar-refractivity contribution in [1.82, 2.24) is 4.90 Å². The number of nitriles is 1. The molecule has 1 N–H and O–H groups in total. The molecule has 1 amide bonds. The fourth-order valence-corrected chi connectivity index (χ4v) is 3.55. The molecule has 3 rings (SSSR count). The Hall–Kier alpha value is -2.22. The third-order valence-electron chi connectivity index (χ3n) is 4.88. The van der Waals surface area contributed by atoms with E-state index < -0.39 is 0 Å². The Kier molecular flexibility index (Phi) is 5.58. The minimum absolute atomic E-state index is 0.0648. The van der Waals surface area contributed by atoms with Crippen molar-refractivity contribution in [2.45, 2.75) is 44.6 Å². The number of ether oxygens (including phenoxy) is 1. The third kappa shape index (κ3) is 4.41. The number of hydrogen-bond acceptors (Lipinski definition) is 4. The molecule has 0 spiro atoms. The average molecular weight is 327 g/mol. The number of rotatable bonds is 5. The molecule has 2 aliphatic rings. The zero-order valence-corrected chi connectivity index (χ0v) is 14.0. The molecule has 2 atom stereocenters. The van der Waals surface area contributed by atoms with Crippen molar-refractivity contribution >= 4 is 11.6 Å². The van der Waals surface area contributed by atoms with E-state index in [2.05, 4.69) is 11.4 Å². The molecule has 1 aliphatic heterocycles. The van der Waals surface area contributed by atoms with E-state index in [-0.39, 0.29) is 18.4 Å². The van der Waals surface area contributed by atoms with Gasteiger partial charge in [-0.25, -0.2) is 0 Å². The molecule has 0 unspecified atom stereocenters. The minimum Gasteiger partial charge on any atom is -0.484 e. The number of carbonyl (C=O) groups is 1. The maximum absolute atomic E-state index is 12.0. The summed E-state index contributed by atoms with van der Waals surface area (Å²) >= 11 is 0. The summed E-state index contributed by atoms with van der Waals surface area (Å²) < 4.78 is 5.67. The molecule has 1 saturated heterocycles. The summed E-state index contributed by atoms with van der Waals surface area (Å²) in [4.78, 5) is 13.9. The van der Waals surface area contributed by atoms with Gasteiger partial charge in [0.1, 0.15) is 5.75 Å². The molecule has 0 radical (unpaired) electrons. The fraction of sp³-hybridized carbons (Fsp3) is 0.579. The molecule has 1 aromatic rings. The minimum atomic E-state index is 0.0648. The van der Waals surface area contributed by atoms with Gasteiger partial charge in [0.15, 0.2) is 6.61 Å². The molecule has 1 heterocycles. The first-order valence-corrected chi connectivity index (χ1v) is 8.91. The Labute approximate surface area is 143 Å². The van der Waals surface area contributed by atoms with Crippen molar-refractivity contribution in [2.24, 2.45) is 5.92 Å². The van der Waals surface area contributed by atoms with E-state index in [9.17, 15) is 4.79 Å². The van der Waals surface area contributed by atoms with Crippen LogP contribution in [0.25, 0.3) is 0 Å². The van der Waals surface area contributed by atoms with Crippen molar-refractivity contribution in [1.29, 1.82) is 5.26 Å². The van der Waals surface area contributed by atoms with E-state index in [0.717, 1.165) is 57.3 Å². The predicted octanol–water partition coefficient (Wildman–Crippen LogP) is 3.18. The first kappa shape index (κ1) is 16.6. The smallest absolute Gasteiger partial charge is 0.260 e. The molecule has 2 fully saturated rings. The number of nitrogens with zero attached hydrogens (tertiary/aromatic N) is 2. The van der Waals surface area contributed by atoms with Crippen LogP contribution in [0, 0.1) is 17.2 Å². The normalized spacial score (nSPS) is 23.5. The second kappa shape index (κ2) is 8.05. The molecular formula is C19H25N3O2. The number of anilines is 1. The number of benzene rings is 1. The number of hydrogen-bond donors (Lipinski definition) is 1. The van der Waals surface area contributed by atoms with Gasteiger partial charge in [0.05, 0.1) is 6.07 Å². The molecule has 0 aromatic heterocycles. The van der Waals surface area contributed by atoms with Crippen LogP contribution in [-0.4, -0.2) is 36.5 Å². The van der Waals surface area contributed by atoms with Gasteiger partial charge in [0, 0.05) is 36.8 Å². The van der Waals surface area contributed by atoms with E-state index in [1.807, 2.05) is 29.2 Å². The average Bonchev–Trinajstić information content (AvgIpc) is 3.15. The van der Waals surface area contributed by atoms with Gasteiger partial charge in [0.2, 0.25) is 0 Å². The molecule has 24 heavy (non-hydrogen) atoms. The van der Waals surface area contributed by atoms with Crippen LogP contribution in [0.15, 0.2) is 24.3 Å². The summed E-state index contributed by atoms with van der Waals surface area (Å²) in [6.45, 7) is 1.81. The van der Waals surface area contributed by atoms with Gasteiger partial charge in [-0.05, 0) is 44.2 Å². The monoisotopic (exact) mass is 327 g/mol. The van der Waals surface area contributed by atoms with Crippen LogP contribution in [0.4, 0.5) is 5.69 Å². The maximum Gasteiger partial charge on any atom is 0.260 e. The quantitative estimate of drug-likeness (QED) is 0.902. The van der Waals surface area contributed by atoms with Crippen LogP contribution in [0.5, 0.6) is 5.75 Å². The number of carbonyl (C=O) groups excluding carboxylic acids is 1. The van der Waals surface area contributed by atoms with Crippen LogP contribution in [0.2, 0.25) is 0 Å². The summed E-state index contributed by atoms with van der Waals surface area (Å²) in [5, 5.41) is 12.6. The van der Waals surface area contributed by atoms with Crippen LogP contribution >= 0.6 is 0 Å². The molecule has 5 nitrogen and oxygen atoms in total. The number of amides is 1. The van der Waals surface area contributed by atoms with Crippen molar-refractivity contribution in [3.05, 3.63) is 24.3 Å². The topological polar surface area (TPSA) is 65.4 Å². The molecule has 1 aliphatic carbocycles. The first-order valence-electron chi connectivity index (χ1n) is 8.91. The first-order chi connectivity index (χ1) is 11.7. The Morgan fingerprint density at radius 1 is 1.29 bits per heavy atom. The van der Waals surface area contributed by atoms with Crippen LogP contribution in [0.3, 0.4) is 0 Å². The van der Waals surface area contributed by atoms with Crippen molar-refractivity contribution in [2.75, 3.05) is 25.0 Å². The van der Waals surface area contributed by atoms with Gasteiger partial charge < -0.3 is 15.0 Å². The second-order valence-electron chi connectivity index (χ2n) is 6.74. The van der Waals surface area contributed by atoms with Crippen LogP contribution < -0.4 is 10.1 Å². The Bertz CT molecular complexity index is 605. The molecular weight excluding hydrogens is 302 g/mol. The summed E-state index contributed by atoms with van der Waals surface area (Å²) in [7, 11) is 0. The highest BCUT2D eigenvalue weighted by Gasteiger charge is 2.22. The maximum atomic E-state index is 12.0. The molecule has 128 valence electrons. The van der Waals surface area contributed by atoms with Crippen molar-refractivity contribution in [3.63, 3.8) is 0 Å². The Morgan fingerprint density at radius 2 is 2.12 bits per heavy atom. The summed E-state index contributed by atoms with van der Waals surface area (Å²) in [5.41, 5.74) is 0.990. The van der Waals surface area contributed by atoms with Crippen LogP contribution in [-0.2, 0) is 4.79 Å². The lowest BCUT2D eigenvalue weighted by Crippen LogP contribution is -2.32. The van der Waals surface area contributed by atoms with E-state index in [0.29, 0.717) is 11.8 Å². The molecule has 5 heteroatoms. The van der Waals surface area contributed by atoms with E-state index in [1.54, 1.807) is 0 Å². The zero-order chi connectivity index (χ0) is 16.8. The predicted molar refractivity (Wildman–Crippen MR) is 92.7 cm³/mol. The van der Waals surface area contributed by atoms with Gasteiger partial charge >= 0.3 is 0 Å². The third-order valence-corrected chi connectivity index (χ3v) is 4.88. The highest BCUT2D eigenvalue weighted by molar-refractivity contribution is 5.78. The summed E-state index contributed by atoms with van der Waals surface area (Å²) in [6.07, 6.45) is 6.28. The van der Waals surface area contributed by atoms with Crippen molar-refractivity contribution < 1.29 is 9.53 Å². The summed E-state index contributed by atoms with van der Waals surface area (Å²) in [6, 6.07) is 10.5. The highest BCUT2D eigenvalue weighted by Crippen LogP contribution is 2.27. The Balaban J connectivity index is 1.52. The highest BCUT2D eigenvalue weighted by atomic mass is 16.5. The van der Waals surface area contributed by atoms with Gasteiger partial charge in [0.25, 0.3) is 5.91 Å². The largest absolute Gasteiger partial charge is 0.484 e. The number of nitrogens with one attached hydrogen (secondary N) is 1. The molecule has 0 bridgehead atoms. The van der Waals surface area contributed by atoms with Gasteiger partial charge in [-0.3, -0.25) is 4.79 Å². The standard InChI is InChI=1S/C19H25N3O2/c20-13-15-5-3-6-16(11-15)21-17-7-4-8-18(12-17)24-14-19(23)22-9-1-2-10-22/h4,7-8,12,15-16,21H,1-3,5-6,9-11,14H2/t15-,16+/m0/s1. The van der Waals surface area contributed by atoms with E-state index in [4.69, 9.17) is 10.00 Å². The molecule has 1 saturated carbocycles. The fourth-order valence-electron chi connectivity index (χ4n) is 3.55. The lowest BCUT2D eigenvalue weighted by molar-refractivity contribution is -0.132. The van der Waals surface area contributed by atoms with E-state index in [1.165, 1.54) is 0 Å². The lowest BCUT2D eigenvalue weighted by atomic mass is 9.86. The van der Waals surface area contributed by atoms with Gasteiger partial charge in [-0.2, -0.15) is 5.26 Å². The summed E-state index contributed by atoms with van der Waals surface area (Å²) in [5.74, 6) is 0.934. The molecule has 1 aromatic carbocycles. The SMILES string of the molecule is N#C[C@H]1CCC[C@@H](Nc2cccc(OCC(=O)N3CCCC3)c2)C1. The number of likely N-dealkylation sites (tertiary alicyclic amines) is 1. The lowest BCUT2D eigenvalue weighted by Gasteiger charge is -2.27. The van der Waals surface area contributed by atoms with Crippen molar-refractivity contribution in [3.8, 4) is 11.8 Å². The zero-order valence-electron chi connectivity index (χ0n) is 14.0. The second-order valence-corrected chi connectivity index (χ2v) is 6.74. The van der Waals surface area contributed by atoms with Gasteiger partial charge in [-0.1, -0.05) is 12.5 Å². The van der Waals surface area contributed by atoms with E-state index >= 15 is 0 Å².